The van der Waals surface area contributed by atoms with E-state index in [1.165, 1.54) is 36.4 Å². The smallest absolute Gasteiger partial charge is 0.242 e. The van der Waals surface area contributed by atoms with Gasteiger partial charge in [-0.25, -0.2) is 38.5 Å². The van der Waals surface area contributed by atoms with Gasteiger partial charge in [-0.15, -0.1) is 22.7 Å². The summed E-state index contributed by atoms with van der Waals surface area (Å²) in [6.45, 7) is 10.4. The normalized spacial score (nSPS) is 12.3. The van der Waals surface area contributed by atoms with E-state index in [1.54, 1.807) is 13.8 Å². The number of sulfone groups is 4. The monoisotopic (exact) mass is 718 g/mol. The Kier molecular flexibility index (Phi) is 10.2. The molecule has 18 heteroatoms. The molecule has 0 bridgehead atoms. The molecule has 0 fully saturated rings. The second-order valence-electron chi connectivity index (χ2n) is 9.38. The van der Waals surface area contributed by atoms with Crippen LogP contribution in [0.1, 0.15) is 13.8 Å². The second-order valence-corrected chi connectivity index (χ2v) is 19.9. The van der Waals surface area contributed by atoms with Crippen LogP contribution >= 0.6 is 22.7 Å². The van der Waals surface area contributed by atoms with Gasteiger partial charge in [-0.05, 0) is 74.5 Å². The summed E-state index contributed by atoms with van der Waals surface area (Å²) in [6.07, 6.45) is 1.71. The number of benzene rings is 2. The number of hydrogen-bond donors (Lipinski definition) is 2. The minimum absolute atomic E-state index is 0.0520. The SMILES string of the molecule is CC(C)Oc1cc(S(C)(=O)=O)cc(S(=O)(=O)c2ccc(N)s2)c1.[C-]#[N+]c1ccc(S(=O)(=O)c2cc(O)cc(S(C)(=O)=O)c2)s1. The van der Waals surface area contributed by atoms with E-state index >= 15 is 0 Å². The third-order valence-electron chi connectivity index (χ3n) is 5.38. The van der Waals surface area contributed by atoms with Crippen molar-refractivity contribution in [3.63, 3.8) is 0 Å². The highest BCUT2D eigenvalue weighted by Gasteiger charge is 2.25. The van der Waals surface area contributed by atoms with Crippen molar-refractivity contribution in [2.75, 3.05) is 18.2 Å². The van der Waals surface area contributed by atoms with Crippen molar-refractivity contribution in [1.82, 2.24) is 0 Å². The van der Waals surface area contributed by atoms with Gasteiger partial charge in [0.15, 0.2) is 19.7 Å². The molecule has 44 heavy (non-hydrogen) atoms. The van der Waals surface area contributed by atoms with Crippen LogP contribution in [0.5, 0.6) is 11.5 Å². The number of nitrogen functional groups attached to an aromatic ring is 1. The van der Waals surface area contributed by atoms with E-state index in [1.807, 2.05) is 0 Å². The topological polar surface area (TPSA) is 196 Å². The number of rotatable bonds is 8. The molecule has 12 nitrogen and oxygen atoms in total. The van der Waals surface area contributed by atoms with Gasteiger partial charge in [0.2, 0.25) is 24.7 Å². The van der Waals surface area contributed by atoms with Crippen molar-refractivity contribution in [2.24, 2.45) is 0 Å². The molecule has 0 aliphatic rings. The Morgan fingerprint density at radius 3 is 1.64 bits per heavy atom. The van der Waals surface area contributed by atoms with Crippen LogP contribution in [0, 0.1) is 6.57 Å². The Balaban J connectivity index is 0.000000241. The van der Waals surface area contributed by atoms with Gasteiger partial charge < -0.3 is 15.6 Å². The van der Waals surface area contributed by atoms with E-state index in [0.717, 1.165) is 59.5 Å². The summed E-state index contributed by atoms with van der Waals surface area (Å²) < 4.78 is 102. The lowest BCUT2D eigenvalue weighted by Gasteiger charge is -2.13. The van der Waals surface area contributed by atoms with Gasteiger partial charge in [-0.1, -0.05) is 0 Å². The molecule has 0 atom stereocenters. The van der Waals surface area contributed by atoms with Gasteiger partial charge >= 0.3 is 0 Å². The number of nitrogens with zero attached hydrogens (tertiary/aromatic N) is 1. The first-order chi connectivity index (χ1) is 20.1. The lowest BCUT2D eigenvalue weighted by atomic mass is 10.3. The highest BCUT2D eigenvalue weighted by atomic mass is 32.2. The zero-order chi connectivity index (χ0) is 33.3. The number of hydrogen-bond acceptors (Lipinski definition) is 13. The van der Waals surface area contributed by atoms with Gasteiger partial charge in [0, 0.05) is 12.5 Å². The maximum Gasteiger partial charge on any atom is 0.242 e. The molecule has 4 rings (SSSR count). The fourth-order valence-corrected chi connectivity index (χ4v) is 10.0. The third-order valence-corrected chi connectivity index (χ3v) is 13.9. The first kappa shape index (κ1) is 35.0. The highest BCUT2D eigenvalue weighted by molar-refractivity contribution is 7.94. The molecule has 0 aliphatic carbocycles. The van der Waals surface area contributed by atoms with E-state index in [-0.39, 0.29) is 44.9 Å². The molecule has 4 aromatic rings. The lowest BCUT2D eigenvalue weighted by molar-refractivity contribution is 0.241. The van der Waals surface area contributed by atoms with Crippen LogP contribution in [0.3, 0.4) is 0 Å². The molecule has 0 spiro atoms. The van der Waals surface area contributed by atoms with Crippen LogP contribution in [0.2, 0.25) is 0 Å². The third kappa shape index (κ3) is 8.37. The van der Waals surface area contributed by atoms with Crippen LogP contribution in [0.15, 0.2) is 88.7 Å². The number of phenolic OH excluding ortho intramolecular Hbond substituents is 1. The zero-order valence-corrected chi connectivity index (χ0v) is 28.3. The van der Waals surface area contributed by atoms with Gasteiger partial charge in [0.1, 0.15) is 19.9 Å². The van der Waals surface area contributed by atoms with Gasteiger partial charge in [-0.2, -0.15) is 0 Å². The molecule has 236 valence electrons. The first-order valence-electron chi connectivity index (χ1n) is 12.0. The lowest BCUT2D eigenvalue weighted by Crippen LogP contribution is -2.09. The van der Waals surface area contributed by atoms with Crippen LogP contribution in [0.4, 0.5) is 10.0 Å². The van der Waals surface area contributed by atoms with Crippen LogP contribution in [-0.4, -0.2) is 57.4 Å². The molecule has 3 N–H and O–H groups in total. The number of thiophene rings is 2. The minimum Gasteiger partial charge on any atom is -0.508 e. The van der Waals surface area contributed by atoms with Crippen molar-refractivity contribution in [3.05, 3.63) is 72.1 Å². The molecule has 0 saturated heterocycles. The van der Waals surface area contributed by atoms with Gasteiger partial charge in [0.05, 0.1) is 37.3 Å². The average molecular weight is 719 g/mol. The van der Waals surface area contributed by atoms with E-state index < -0.39 is 45.1 Å². The molecule has 0 radical (unpaired) electrons. The maximum absolute atomic E-state index is 12.7. The van der Waals surface area contributed by atoms with Crippen molar-refractivity contribution < 1.29 is 43.5 Å². The Morgan fingerprint density at radius 2 is 1.18 bits per heavy atom. The summed E-state index contributed by atoms with van der Waals surface area (Å²) >= 11 is 1.70. The molecule has 2 aromatic heterocycles. The van der Waals surface area contributed by atoms with Gasteiger partial charge in [-0.3, -0.25) is 0 Å². The Labute approximate surface area is 263 Å². The molecular formula is C26H26N2O10S6. The van der Waals surface area contributed by atoms with Crippen LogP contribution < -0.4 is 10.5 Å². The Bertz CT molecular complexity index is 2190. The highest BCUT2D eigenvalue weighted by Crippen LogP contribution is 2.35. The molecular weight excluding hydrogens is 693 g/mol. The standard InChI is InChI=1S/C14H17NO5S3.C12H9NO5S3/c1-9(2)20-10-6-11(22(3,16)17)8-12(7-10)23(18,19)14-5-4-13(15)21-14;1-13-11-3-4-12(19-11)21(17,18)10-6-8(14)5-9(7-10)20(2,15)16/h4-9H,15H2,1-3H3;3-7,14H,2H3. The van der Waals surface area contributed by atoms with E-state index in [9.17, 15) is 38.8 Å². The summed E-state index contributed by atoms with van der Waals surface area (Å²) in [7, 11) is -15.1. The summed E-state index contributed by atoms with van der Waals surface area (Å²) in [5.74, 6) is -0.274. The Hall–Kier alpha value is -3.47. The van der Waals surface area contributed by atoms with Crippen molar-refractivity contribution >= 4 is 72.0 Å². The van der Waals surface area contributed by atoms with E-state index in [4.69, 9.17) is 17.0 Å². The number of aromatic hydroxyl groups is 1. The maximum atomic E-state index is 12.7. The summed E-state index contributed by atoms with van der Waals surface area (Å²) in [5, 5.41) is 10.1. The van der Waals surface area contributed by atoms with Gasteiger partial charge in [0.25, 0.3) is 0 Å². The average Bonchev–Trinajstić information content (AvgIpc) is 3.57. The number of nitrogens with two attached hydrogens (primary N) is 1. The number of anilines is 1. The second kappa shape index (κ2) is 12.9. The fourth-order valence-electron chi connectivity index (χ4n) is 3.41. The molecule has 0 aliphatic heterocycles. The molecule has 2 heterocycles. The first-order valence-corrected chi connectivity index (χ1v) is 20.4. The summed E-state index contributed by atoms with van der Waals surface area (Å²) in [5.41, 5.74) is 5.58. The molecule has 2 aromatic carbocycles. The van der Waals surface area contributed by atoms with Crippen molar-refractivity contribution in [3.8, 4) is 11.5 Å². The van der Waals surface area contributed by atoms with Crippen LogP contribution in [-0.2, 0) is 39.3 Å². The summed E-state index contributed by atoms with van der Waals surface area (Å²) in [4.78, 5) is 2.26. The minimum atomic E-state index is -3.98. The quantitative estimate of drug-likeness (QED) is 0.242. The van der Waals surface area contributed by atoms with E-state index in [2.05, 4.69) is 4.85 Å². The predicted molar refractivity (Wildman–Crippen MR) is 167 cm³/mol. The van der Waals surface area contributed by atoms with Crippen molar-refractivity contribution in [2.45, 2.75) is 48.0 Å². The number of ether oxygens (including phenoxy) is 1. The van der Waals surface area contributed by atoms with Crippen molar-refractivity contribution in [1.29, 1.82) is 0 Å². The predicted octanol–water partition coefficient (Wildman–Crippen LogP) is 4.59. The molecule has 0 amide bonds. The summed E-state index contributed by atoms with van der Waals surface area (Å²) in [6, 6.07) is 12.2. The largest absolute Gasteiger partial charge is 0.508 e. The zero-order valence-electron chi connectivity index (χ0n) is 23.4. The molecule has 0 unspecified atom stereocenters. The molecule has 0 saturated carbocycles. The fraction of sp³-hybridized carbons (Fsp3) is 0.192. The van der Waals surface area contributed by atoms with E-state index in [0.29, 0.717) is 5.00 Å². The Morgan fingerprint density at radius 1 is 0.727 bits per heavy atom. The van der Waals surface area contributed by atoms with Crippen LogP contribution in [0.25, 0.3) is 4.85 Å². The number of phenols is 1.